The largest absolute Gasteiger partial charge is 0.369 e. The van der Waals surface area contributed by atoms with Gasteiger partial charge in [0, 0.05) is 10.9 Å². The van der Waals surface area contributed by atoms with Gasteiger partial charge < -0.3 is 11.1 Å². The van der Waals surface area contributed by atoms with Crippen molar-refractivity contribution in [2.24, 2.45) is 11.7 Å². The molecule has 0 aromatic carbocycles. The van der Waals surface area contributed by atoms with Crippen LogP contribution in [-0.4, -0.2) is 12.5 Å². The summed E-state index contributed by atoms with van der Waals surface area (Å²) in [7, 11) is 0. The van der Waals surface area contributed by atoms with Crippen LogP contribution >= 0.6 is 11.3 Å². The van der Waals surface area contributed by atoms with Crippen LogP contribution in [0.3, 0.4) is 0 Å². The van der Waals surface area contributed by atoms with Gasteiger partial charge in [-0.15, -0.1) is 11.3 Å². The lowest BCUT2D eigenvalue weighted by Crippen LogP contribution is -2.33. The van der Waals surface area contributed by atoms with E-state index in [0.29, 0.717) is 5.92 Å². The summed E-state index contributed by atoms with van der Waals surface area (Å²) in [6.45, 7) is 4.48. The number of carbonyl (C=O) groups excluding carboxylic acids is 1. The van der Waals surface area contributed by atoms with E-state index in [1.807, 2.05) is 11.4 Å². The molecular formula is C10H16N2OS. The van der Waals surface area contributed by atoms with Gasteiger partial charge in [0.15, 0.2) is 0 Å². The van der Waals surface area contributed by atoms with Gasteiger partial charge in [-0.05, 0) is 17.4 Å². The molecule has 1 aromatic heterocycles. The molecule has 0 spiro atoms. The number of rotatable bonds is 5. The van der Waals surface area contributed by atoms with Crippen molar-refractivity contribution in [1.82, 2.24) is 5.32 Å². The SMILES string of the molecule is CC(C)[C@@H](NCC(N)=O)c1cccs1. The molecular weight excluding hydrogens is 196 g/mol. The average Bonchev–Trinajstić information content (AvgIpc) is 2.56. The van der Waals surface area contributed by atoms with E-state index in [1.54, 1.807) is 11.3 Å². The molecule has 4 heteroatoms. The van der Waals surface area contributed by atoms with Gasteiger partial charge in [-0.2, -0.15) is 0 Å². The van der Waals surface area contributed by atoms with E-state index in [4.69, 9.17) is 5.73 Å². The number of hydrogen-bond donors (Lipinski definition) is 2. The smallest absolute Gasteiger partial charge is 0.231 e. The normalized spacial score (nSPS) is 13.1. The van der Waals surface area contributed by atoms with Crippen molar-refractivity contribution < 1.29 is 4.79 Å². The van der Waals surface area contributed by atoms with Crippen molar-refractivity contribution >= 4 is 17.2 Å². The molecule has 78 valence electrons. The molecule has 0 aliphatic heterocycles. The maximum absolute atomic E-state index is 10.7. The molecule has 1 rings (SSSR count). The Balaban J connectivity index is 2.61. The minimum absolute atomic E-state index is 0.225. The number of amides is 1. The highest BCUT2D eigenvalue weighted by Crippen LogP contribution is 2.25. The van der Waals surface area contributed by atoms with Crippen LogP contribution in [0, 0.1) is 5.92 Å². The zero-order chi connectivity index (χ0) is 10.6. The second kappa shape index (κ2) is 5.12. The lowest BCUT2D eigenvalue weighted by Gasteiger charge is -2.20. The summed E-state index contributed by atoms with van der Waals surface area (Å²) in [5.74, 6) is 0.139. The maximum atomic E-state index is 10.7. The van der Waals surface area contributed by atoms with E-state index in [1.165, 1.54) is 4.88 Å². The minimum atomic E-state index is -0.313. The number of thiophene rings is 1. The Hall–Kier alpha value is -0.870. The third-order valence-electron chi connectivity index (χ3n) is 2.01. The van der Waals surface area contributed by atoms with Gasteiger partial charge in [-0.3, -0.25) is 4.79 Å². The summed E-state index contributed by atoms with van der Waals surface area (Å²) in [5, 5.41) is 5.20. The molecule has 1 heterocycles. The number of carbonyl (C=O) groups is 1. The van der Waals surface area contributed by atoms with E-state index in [2.05, 4.69) is 25.2 Å². The van der Waals surface area contributed by atoms with Crippen LogP contribution in [0.4, 0.5) is 0 Å². The van der Waals surface area contributed by atoms with Crippen LogP contribution in [0.1, 0.15) is 24.8 Å². The molecule has 0 unspecified atom stereocenters. The first-order valence-electron chi connectivity index (χ1n) is 4.66. The summed E-state index contributed by atoms with van der Waals surface area (Å²) in [5.41, 5.74) is 5.10. The van der Waals surface area contributed by atoms with Crippen molar-refractivity contribution in [2.75, 3.05) is 6.54 Å². The maximum Gasteiger partial charge on any atom is 0.231 e. The summed E-state index contributed by atoms with van der Waals surface area (Å²) in [4.78, 5) is 11.9. The molecule has 0 radical (unpaired) electrons. The Kier molecular flexibility index (Phi) is 4.10. The van der Waals surface area contributed by atoms with Crippen LogP contribution in [0.2, 0.25) is 0 Å². The monoisotopic (exact) mass is 212 g/mol. The van der Waals surface area contributed by atoms with Crippen LogP contribution in [0.15, 0.2) is 17.5 Å². The van der Waals surface area contributed by atoms with Crippen molar-refractivity contribution in [3.63, 3.8) is 0 Å². The van der Waals surface area contributed by atoms with Gasteiger partial charge >= 0.3 is 0 Å². The molecule has 14 heavy (non-hydrogen) atoms. The van der Waals surface area contributed by atoms with Crippen molar-refractivity contribution in [3.8, 4) is 0 Å². The van der Waals surface area contributed by atoms with Gasteiger partial charge in [0.25, 0.3) is 0 Å². The van der Waals surface area contributed by atoms with Gasteiger partial charge in [-0.1, -0.05) is 19.9 Å². The lowest BCUT2D eigenvalue weighted by atomic mass is 10.0. The highest BCUT2D eigenvalue weighted by Gasteiger charge is 2.16. The van der Waals surface area contributed by atoms with E-state index >= 15 is 0 Å². The summed E-state index contributed by atoms with van der Waals surface area (Å²) in [6.07, 6.45) is 0. The Morgan fingerprint density at radius 2 is 2.36 bits per heavy atom. The second-order valence-electron chi connectivity index (χ2n) is 3.58. The molecule has 1 amide bonds. The molecule has 0 aliphatic carbocycles. The van der Waals surface area contributed by atoms with E-state index in [0.717, 1.165) is 0 Å². The Bertz CT molecular complexity index is 282. The van der Waals surface area contributed by atoms with Gasteiger partial charge in [0.1, 0.15) is 0 Å². The zero-order valence-corrected chi connectivity index (χ0v) is 9.30. The van der Waals surface area contributed by atoms with E-state index < -0.39 is 0 Å². The third kappa shape index (κ3) is 3.12. The van der Waals surface area contributed by atoms with Crippen LogP contribution in [0.25, 0.3) is 0 Å². The average molecular weight is 212 g/mol. The summed E-state index contributed by atoms with van der Waals surface area (Å²) in [6, 6.07) is 4.31. The van der Waals surface area contributed by atoms with Gasteiger partial charge in [0.2, 0.25) is 5.91 Å². The summed E-state index contributed by atoms with van der Waals surface area (Å²) < 4.78 is 0. The van der Waals surface area contributed by atoms with Crippen LogP contribution < -0.4 is 11.1 Å². The standard InChI is InChI=1S/C10H16N2OS/c1-7(2)10(12-6-9(11)13)8-4-3-5-14-8/h3-5,7,10,12H,6H2,1-2H3,(H2,11,13)/t10-/m1/s1. The van der Waals surface area contributed by atoms with Gasteiger partial charge in [-0.25, -0.2) is 0 Å². The Labute approximate surface area is 88.3 Å². The van der Waals surface area contributed by atoms with E-state index in [9.17, 15) is 4.79 Å². The fraction of sp³-hybridized carbons (Fsp3) is 0.500. The fourth-order valence-electron chi connectivity index (χ4n) is 1.34. The molecule has 0 aliphatic rings. The molecule has 3 nitrogen and oxygen atoms in total. The van der Waals surface area contributed by atoms with Crippen molar-refractivity contribution in [3.05, 3.63) is 22.4 Å². The molecule has 0 bridgehead atoms. The second-order valence-corrected chi connectivity index (χ2v) is 4.56. The lowest BCUT2D eigenvalue weighted by molar-refractivity contribution is -0.117. The minimum Gasteiger partial charge on any atom is -0.369 e. The van der Waals surface area contributed by atoms with Crippen LogP contribution in [-0.2, 0) is 4.79 Å². The zero-order valence-electron chi connectivity index (χ0n) is 8.49. The number of primary amides is 1. The molecule has 0 saturated carbocycles. The predicted molar refractivity (Wildman–Crippen MR) is 59.1 cm³/mol. The van der Waals surface area contributed by atoms with Crippen LogP contribution in [0.5, 0.6) is 0 Å². The highest BCUT2D eigenvalue weighted by molar-refractivity contribution is 7.10. The number of nitrogens with two attached hydrogens (primary N) is 1. The first-order chi connectivity index (χ1) is 6.61. The highest BCUT2D eigenvalue weighted by atomic mass is 32.1. The number of hydrogen-bond acceptors (Lipinski definition) is 3. The summed E-state index contributed by atoms with van der Waals surface area (Å²) >= 11 is 1.70. The number of nitrogens with one attached hydrogen (secondary N) is 1. The van der Waals surface area contributed by atoms with Crippen molar-refractivity contribution in [1.29, 1.82) is 0 Å². The fourth-order valence-corrected chi connectivity index (χ4v) is 2.32. The molecule has 1 aromatic rings. The Morgan fingerprint density at radius 3 is 2.79 bits per heavy atom. The molecule has 0 saturated heterocycles. The topological polar surface area (TPSA) is 55.1 Å². The Morgan fingerprint density at radius 1 is 1.64 bits per heavy atom. The first-order valence-corrected chi connectivity index (χ1v) is 5.54. The molecule has 0 fully saturated rings. The predicted octanol–water partition coefficient (Wildman–Crippen LogP) is 1.52. The molecule has 3 N–H and O–H groups in total. The van der Waals surface area contributed by atoms with Crippen molar-refractivity contribution in [2.45, 2.75) is 19.9 Å². The third-order valence-corrected chi connectivity index (χ3v) is 2.97. The quantitative estimate of drug-likeness (QED) is 0.777. The first kappa shape index (κ1) is 11.2. The molecule has 1 atom stereocenters. The van der Waals surface area contributed by atoms with Gasteiger partial charge in [0.05, 0.1) is 6.54 Å². The van der Waals surface area contributed by atoms with E-state index in [-0.39, 0.29) is 18.5 Å².